The summed E-state index contributed by atoms with van der Waals surface area (Å²) in [5, 5.41) is 2.70. The molecule has 0 saturated heterocycles. The second-order valence-corrected chi connectivity index (χ2v) is 5.12. The molecule has 2 N–H and O–H groups in total. The van der Waals surface area contributed by atoms with Crippen LogP contribution in [0.25, 0.3) is 11.2 Å². The van der Waals surface area contributed by atoms with E-state index in [2.05, 4.69) is 25.3 Å². The summed E-state index contributed by atoms with van der Waals surface area (Å²) >= 11 is 0. The predicted octanol–water partition coefficient (Wildman–Crippen LogP) is 1.88. The third kappa shape index (κ3) is 2.96. The lowest BCUT2D eigenvalue weighted by atomic mass is 10.2. The molecule has 3 aromatic rings. The zero-order chi connectivity index (χ0) is 16.4. The molecule has 0 bridgehead atoms. The first-order valence-corrected chi connectivity index (χ1v) is 6.96. The Morgan fingerprint density at radius 3 is 3.00 bits per heavy atom. The molecule has 0 spiro atoms. The van der Waals surface area contributed by atoms with Crippen LogP contribution in [-0.4, -0.2) is 39.4 Å². The van der Waals surface area contributed by atoms with Gasteiger partial charge in [0.15, 0.2) is 11.5 Å². The Morgan fingerprint density at radius 1 is 1.35 bits per heavy atom. The van der Waals surface area contributed by atoms with Gasteiger partial charge >= 0.3 is 0 Å². The van der Waals surface area contributed by atoms with Crippen LogP contribution in [0.15, 0.2) is 30.9 Å². The molecule has 7 nitrogen and oxygen atoms in total. The molecule has 0 aliphatic carbocycles. The van der Waals surface area contributed by atoms with Crippen molar-refractivity contribution in [3.8, 4) is 0 Å². The van der Waals surface area contributed by atoms with Gasteiger partial charge in [-0.15, -0.1) is 0 Å². The van der Waals surface area contributed by atoms with Gasteiger partial charge in [0, 0.05) is 18.3 Å². The maximum absolute atomic E-state index is 13.5. The smallest absolute Gasteiger partial charge is 0.243 e. The first-order valence-electron chi connectivity index (χ1n) is 6.96. The van der Waals surface area contributed by atoms with Crippen LogP contribution < -0.4 is 10.2 Å². The molecule has 0 saturated carbocycles. The van der Waals surface area contributed by atoms with Crippen molar-refractivity contribution in [1.82, 2.24) is 19.9 Å². The number of hydrogen-bond acceptors (Lipinski definition) is 5. The molecule has 0 aliphatic heterocycles. The molecular weight excluding hydrogens is 299 g/mol. The number of fused-ring (bicyclic) bond motifs is 1. The van der Waals surface area contributed by atoms with Crippen LogP contribution in [0.2, 0.25) is 0 Å². The zero-order valence-corrected chi connectivity index (χ0v) is 12.7. The van der Waals surface area contributed by atoms with E-state index in [1.165, 1.54) is 18.7 Å². The van der Waals surface area contributed by atoms with E-state index in [0.29, 0.717) is 28.2 Å². The number of benzene rings is 1. The highest BCUT2D eigenvalue weighted by Gasteiger charge is 2.14. The highest BCUT2D eigenvalue weighted by Crippen LogP contribution is 2.19. The zero-order valence-electron chi connectivity index (χ0n) is 12.7. The highest BCUT2D eigenvalue weighted by molar-refractivity contribution is 5.95. The van der Waals surface area contributed by atoms with Crippen LogP contribution in [-0.2, 0) is 4.79 Å². The molecule has 2 aromatic heterocycles. The molecule has 0 aliphatic rings. The van der Waals surface area contributed by atoms with Crippen molar-refractivity contribution in [2.24, 2.45) is 0 Å². The summed E-state index contributed by atoms with van der Waals surface area (Å²) in [6.07, 6.45) is 2.91. The predicted molar refractivity (Wildman–Crippen MR) is 84.7 cm³/mol. The van der Waals surface area contributed by atoms with Gasteiger partial charge in [-0.3, -0.25) is 4.79 Å². The molecular formula is C15H15FN6O. The first-order chi connectivity index (χ1) is 11.1. The standard InChI is InChI=1S/C15H15FN6O/c1-9-10(16)4-3-5-11(9)21-12(23)6-22(2)15-13-14(18-7-17-13)19-8-20-15/h3-5,7-8H,6H2,1-2H3,(H,21,23)(H,17,18,19,20). The third-order valence-electron chi connectivity index (χ3n) is 3.49. The van der Waals surface area contributed by atoms with E-state index in [1.54, 1.807) is 31.0 Å². The Morgan fingerprint density at radius 2 is 2.17 bits per heavy atom. The number of aromatic amines is 1. The van der Waals surface area contributed by atoms with Crippen LogP contribution >= 0.6 is 0 Å². The number of nitrogens with zero attached hydrogens (tertiary/aromatic N) is 4. The van der Waals surface area contributed by atoms with E-state index in [0.717, 1.165) is 0 Å². The van der Waals surface area contributed by atoms with Crippen molar-refractivity contribution in [2.45, 2.75) is 6.92 Å². The minimum absolute atomic E-state index is 0.0566. The van der Waals surface area contributed by atoms with Crippen LogP contribution in [0.4, 0.5) is 15.9 Å². The maximum Gasteiger partial charge on any atom is 0.243 e. The van der Waals surface area contributed by atoms with Crippen molar-refractivity contribution in [2.75, 3.05) is 23.8 Å². The van der Waals surface area contributed by atoms with Crippen molar-refractivity contribution >= 4 is 28.6 Å². The molecule has 0 atom stereocenters. The summed E-state index contributed by atoms with van der Waals surface area (Å²) < 4.78 is 13.5. The number of imidazole rings is 1. The van der Waals surface area contributed by atoms with Crippen LogP contribution in [0.1, 0.15) is 5.56 Å². The van der Waals surface area contributed by atoms with E-state index in [-0.39, 0.29) is 18.3 Å². The molecule has 1 aromatic carbocycles. The van der Waals surface area contributed by atoms with E-state index >= 15 is 0 Å². The molecule has 2 heterocycles. The van der Waals surface area contributed by atoms with Gasteiger partial charge in [-0.1, -0.05) is 6.07 Å². The van der Waals surface area contributed by atoms with Crippen LogP contribution in [0.5, 0.6) is 0 Å². The number of carbonyl (C=O) groups excluding carboxylic acids is 1. The topological polar surface area (TPSA) is 86.8 Å². The number of H-pyrrole nitrogens is 1. The maximum atomic E-state index is 13.5. The fourth-order valence-electron chi connectivity index (χ4n) is 2.26. The molecule has 8 heteroatoms. The second-order valence-electron chi connectivity index (χ2n) is 5.12. The Kier molecular flexibility index (Phi) is 3.88. The Hall–Kier alpha value is -3.03. The summed E-state index contributed by atoms with van der Waals surface area (Å²) in [7, 11) is 1.74. The van der Waals surface area contributed by atoms with Gasteiger partial charge in [0.25, 0.3) is 0 Å². The number of nitrogens with one attached hydrogen (secondary N) is 2. The summed E-state index contributed by atoms with van der Waals surface area (Å²) in [4.78, 5) is 29.1. The number of halogens is 1. The highest BCUT2D eigenvalue weighted by atomic mass is 19.1. The summed E-state index contributed by atoms with van der Waals surface area (Å²) in [6.45, 7) is 1.67. The Bertz CT molecular complexity index is 862. The minimum Gasteiger partial charge on any atom is -0.348 e. The first kappa shape index (κ1) is 14.9. The van der Waals surface area contributed by atoms with Crippen molar-refractivity contribution < 1.29 is 9.18 Å². The van der Waals surface area contributed by atoms with E-state index in [9.17, 15) is 9.18 Å². The number of amides is 1. The number of carbonyl (C=O) groups is 1. The lowest BCUT2D eigenvalue weighted by molar-refractivity contribution is -0.114. The summed E-state index contributed by atoms with van der Waals surface area (Å²) in [5.74, 6) is -0.0581. The normalized spacial score (nSPS) is 10.7. The van der Waals surface area contributed by atoms with Gasteiger partial charge in [-0.25, -0.2) is 19.3 Å². The van der Waals surface area contributed by atoms with Gasteiger partial charge in [0.05, 0.1) is 12.9 Å². The lowest BCUT2D eigenvalue weighted by Crippen LogP contribution is -2.31. The molecule has 1 amide bonds. The largest absolute Gasteiger partial charge is 0.348 e. The van der Waals surface area contributed by atoms with Gasteiger partial charge < -0.3 is 15.2 Å². The van der Waals surface area contributed by atoms with E-state index in [4.69, 9.17) is 0 Å². The average Bonchev–Trinajstić information content (AvgIpc) is 3.00. The third-order valence-corrected chi connectivity index (χ3v) is 3.49. The van der Waals surface area contributed by atoms with Crippen molar-refractivity contribution in [1.29, 1.82) is 0 Å². The van der Waals surface area contributed by atoms with Gasteiger partial charge in [-0.05, 0) is 19.1 Å². The second kappa shape index (κ2) is 5.99. The number of rotatable bonds is 4. The monoisotopic (exact) mass is 314 g/mol. The van der Waals surface area contributed by atoms with Crippen LogP contribution in [0.3, 0.4) is 0 Å². The fraction of sp³-hybridized carbons (Fsp3) is 0.200. The van der Waals surface area contributed by atoms with E-state index in [1.807, 2.05) is 0 Å². The number of likely N-dealkylation sites (N-methyl/N-ethyl adjacent to an activating group) is 1. The summed E-state index contributed by atoms with van der Waals surface area (Å²) in [6, 6.07) is 4.57. The lowest BCUT2D eigenvalue weighted by Gasteiger charge is -2.18. The van der Waals surface area contributed by atoms with Gasteiger partial charge in [0.2, 0.25) is 5.91 Å². The fourth-order valence-corrected chi connectivity index (χ4v) is 2.26. The number of aromatic nitrogens is 4. The molecule has 0 unspecified atom stereocenters. The minimum atomic E-state index is -0.355. The molecule has 0 radical (unpaired) electrons. The summed E-state index contributed by atoms with van der Waals surface area (Å²) in [5.41, 5.74) is 2.05. The molecule has 0 fully saturated rings. The average molecular weight is 314 g/mol. The Balaban J connectivity index is 1.75. The molecule has 23 heavy (non-hydrogen) atoms. The van der Waals surface area contributed by atoms with Gasteiger partial charge in [-0.2, -0.15) is 0 Å². The Labute approximate surface area is 131 Å². The van der Waals surface area contributed by atoms with Crippen molar-refractivity contribution in [3.05, 3.63) is 42.2 Å². The number of hydrogen-bond donors (Lipinski definition) is 2. The number of anilines is 2. The quantitative estimate of drug-likeness (QED) is 0.768. The molecule has 118 valence electrons. The van der Waals surface area contributed by atoms with Crippen LogP contribution in [0, 0.1) is 12.7 Å². The van der Waals surface area contributed by atoms with Gasteiger partial charge in [0.1, 0.15) is 17.7 Å². The van der Waals surface area contributed by atoms with E-state index < -0.39 is 0 Å². The molecule has 3 rings (SSSR count). The van der Waals surface area contributed by atoms with Crippen molar-refractivity contribution in [3.63, 3.8) is 0 Å². The SMILES string of the molecule is Cc1c(F)cccc1NC(=O)CN(C)c1ncnc2nc[nH]c12.